The predicted molar refractivity (Wildman–Crippen MR) is 70.8 cm³/mol. The minimum Gasteiger partial charge on any atom is -0.405 e. The molecule has 0 aromatic rings. The summed E-state index contributed by atoms with van der Waals surface area (Å²) in [6, 6.07) is 0.258. The van der Waals surface area contributed by atoms with Gasteiger partial charge in [-0.05, 0) is 31.0 Å². The SMILES string of the molecule is CCCCC(N)CC(=CN)C1C=CC=CC1. The molecule has 16 heavy (non-hydrogen) atoms. The molecule has 2 unspecified atom stereocenters. The Labute approximate surface area is 99.1 Å². The maximum absolute atomic E-state index is 6.10. The molecule has 0 aliphatic heterocycles. The Balaban J connectivity index is 2.43. The first-order chi connectivity index (χ1) is 7.77. The summed E-state index contributed by atoms with van der Waals surface area (Å²) in [7, 11) is 0. The monoisotopic (exact) mass is 220 g/mol. The maximum Gasteiger partial charge on any atom is 0.00769 e. The second-order valence-electron chi connectivity index (χ2n) is 4.50. The third-order valence-corrected chi connectivity index (χ3v) is 3.10. The number of hydrogen-bond acceptors (Lipinski definition) is 2. The van der Waals surface area contributed by atoms with Gasteiger partial charge >= 0.3 is 0 Å². The second kappa shape index (κ2) is 7.29. The Morgan fingerprint density at radius 3 is 2.88 bits per heavy atom. The molecule has 1 aliphatic rings. The average Bonchev–Trinajstić information content (AvgIpc) is 2.34. The van der Waals surface area contributed by atoms with Crippen LogP contribution in [0.25, 0.3) is 0 Å². The highest BCUT2D eigenvalue weighted by molar-refractivity contribution is 5.21. The van der Waals surface area contributed by atoms with Gasteiger partial charge in [-0.2, -0.15) is 0 Å². The van der Waals surface area contributed by atoms with Gasteiger partial charge in [0.1, 0.15) is 0 Å². The van der Waals surface area contributed by atoms with Crippen LogP contribution in [0.2, 0.25) is 0 Å². The van der Waals surface area contributed by atoms with Crippen LogP contribution in [0.4, 0.5) is 0 Å². The van der Waals surface area contributed by atoms with E-state index in [0.717, 1.165) is 19.3 Å². The smallest absolute Gasteiger partial charge is 0.00769 e. The highest BCUT2D eigenvalue weighted by atomic mass is 14.6. The van der Waals surface area contributed by atoms with Crippen molar-refractivity contribution in [3.05, 3.63) is 36.1 Å². The van der Waals surface area contributed by atoms with Gasteiger partial charge in [0.15, 0.2) is 0 Å². The molecular formula is C14H24N2. The lowest BCUT2D eigenvalue weighted by atomic mass is 9.88. The summed E-state index contributed by atoms with van der Waals surface area (Å²) in [6.45, 7) is 2.20. The molecule has 0 radical (unpaired) electrons. The summed E-state index contributed by atoms with van der Waals surface area (Å²) in [5, 5.41) is 0. The van der Waals surface area contributed by atoms with E-state index in [1.807, 2.05) is 0 Å². The van der Waals surface area contributed by atoms with Gasteiger partial charge in [0.25, 0.3) is 0 Å². The number of rotatable bonds is 6. The van der Waals surface area contributed by atoms with Gasteiger partial charge in [-0.1, -0.05) is 44.1 Å². The zero-order valence-corrected chi connectivity index (χ0v) is 10.2. The van der Waals surface area contributed by atoms with E-state index in [4.69, 9.17) is 11.5 Å². The molecule has 2 atom stereocenters. The van der Waals surface area contributed by atoms with Crippen molar-refractivity contribution in [3.63, 3.8) is 0 Å². The summed E-state index contributed by atoms with van der Waals surface area (Å²) in [5.74, 6) is 0.461. The first-order valence-electron chi connectivity index (χ1n) is 6.27. The molecule has 0 saturated heterocycles. The van der Waals surface area contributed by atoms with Crippen LogP contribution >= 0.6 is 0 Å². The van der Waals surface area contributed by atoms with Crippen LogP contribution in [0.1, 0.15) is 39.0 Å². The van der Waals surface area contributed by atoms with Gasteiger partial charge in [-0.25, -0.2) is 0 Å². The highest BCUT2D eigenvalue weighted by Gasteiger charge is 2.14. The van der Waals surface area contributed by atoms with E-state index in [2.05, 4.69) is 31.2 Å². The number of nitrogens with two attached hydrogens (primary N) is 2. The van der Waals surface area contributed by atoms with E-state index in [1.54, 1.807) is 6.20 Å². The fourth-order valence-electron chi connectivity index (χ4n) is 2.07. The van der Waals surface area contributed by atoms with Crippen LogP contribution in [0.15, 0.2) is 36.1 Å². The fraction of sp³-hybridized carbons (Fsp3) is 0.571. The van der Waals surface area contributed by atoms with Crippen molar-refractivity contribution in [1.29, 1.82) is 0 Å². The Kier molecular flexibility index (Phi) is 5.94. The van der Waals surface area contributed by atoms with Gasteiger partial charge in [-0.3, -0.25) is 0 Å². The predicted octanol–water partition coefficient (Wildman–Crippen LogP) is 2.87. The molecule has 1 rings (SSSR count). The summed E-state index contributed by atoms with van der Waals surface area (Å²) < 4.78 is 0. The van der Waals surface area contributed by atoms with Crippen LogP contribution < -0.4 is 11.5 Å². The molecule has 90 valence electrons. The average molecular weight is 220 g/mol. The standard InChI is InChI=1S/C14H24N2/c1-2-3-9-14(16)10-13(11-15)12-7-5-4-6-8-12/h4-7,11-12,14H,2-3,8-10,15-16H2,1H3. The third-order valence-electron chi connectivity index (χ3n) is 3.10. The normalized spacial score (nSPS) is 22.4. The van der Waals surface area contributed by atoms with Crippen molar-refractivity contribution < 1.29 is 0 Å². The first-order valence-corrected chi connectivity index (χ1v) is 6.27. The molecule has 1 aliphatic carbocycles. The molecule has 0 saturated carbocycles. The summed E-state index contributed by atoms with van der Waals surface area (Å²) in [5.41, 5.74) is 13.1. The highest BCUT2D eigenvalue weighted by Crippen LogP contribution is 2.24. The van der Waals surface area contributed by atoms with Crippen molar-refractivity contribution in [2.75, 3.05) is 0 Å². The van der Waals surface area contributed by atoms with Gasteiger partial charge in [-0.15, -0.1) is 0 Å². The molecule has 2 heteroatoms. The lowest BCUT2D eigenvalue weighted by molar-refractivity contribution is 0.548. The van der Waals surface area contributed by atoms with Crippen molar-refractivity contribution in [3.8, 4) is 0 Å². The molecule has 0 heterocycles. The molecule has 0 aromatic carbocycles. The number of unbranched alkanes of at least 4 members (excludes halogenated alkanes) is 1. The van der Waals surface area contributed by atoms with Gasteiger partial charge in [0.2, 0.25) is 0 Å². The van der Waals surface area contributed by atoms with Crippen molar-refractivity contribution in [1.82, 2.24) is 0 Å². The second-order valence-corrected chi connectivity index (χ2v) is 4.50. The van der Waals surface area contributed by atoms with Crippen molar-refractivity contribution in [2.45, 2.75) is 45.1 Å². The van der Waals surface area contributed by atoms with E-state index in [-0.39, 0.29) is 6.04 Å². The lowest BCUT2D eigenvalue weighted by Crippen LogP contribution is -2.22. The quantitative estimate of drug-likeness (QED) is 0.723. The Bertz CT molecular complexity index is 276. The van der Waals surface area contributed by atoms with Gasteiger partial charge in [0, 0.05) is 12.0 Å². The summed E-state index contributed by atoms with van der Waals surface area (Å²) in [6.07, 6.45) is 15.8. The van der Waals surface area contributed by atoms with Crippen molar-refractivity contribution >= 4 is 0 Å². The summed E-state index contributed by atoms with van der Waals surface area (Å²) in [4.78, 5) is 0. The third kappa shape index (κ3) is 4.23. The van der Waals surface area contributed by atoms with Crippen LogP contribution in [0.3, 0.4) is 0 Å². The van der Waals surface area contributed by atoms with E-state index in [1.165, 1.54) is 18.4 Å². The fourth-order valence-corrected chi connectivity index (χ4v) is 2.07. The molecule has 0 amide bonds. The van der Waals surface area contributed by atoms with Crippen LogP contribution in [-0.4, -0.2) is 6.04 Å². The summed E-state index contributed by atoms with van der Waals surface area (Å²) >= 11 is 0. The molecule has 0 bridgehead atoms. The molecular weight excluding hydrogens is 196 g/mol. The Morgan fingerprint density at radius 1 is 1.50 bits per heavy atom. The molecule has 4 N–H and O–H groups in total. The number of allylic oxidation sites excluding steroid dienone is 4. The maximum atomic E-state index is 6.10. The first kappa shape index (κ1) is 13.0. The van der Waals surface area contributed by atoms with Gasteiger partial charge < -0.3 is 11.5 Å². The minimum absolute atomic E-state index is 0.258. The van der Waals surface area contributed by atoms with E-state index >= 15 is 0 Å². The van der Waals surface area contributed by atoms with E-state index in [0.29, 0.717) is 5.92 Å². The topological polar surface area (TPSA) is 52.0 Å². The van der Waals surface area contributed by atoms with Crippen LogP contribution in [-0.2, 0) is 0 Å². The van der Waals surface area contributed by atoms with Crippen molar-refractivity contribution in [2.24, 2.45) is 17.4 Å². The lowest BCUT2D eigenvalue weighted by Gasteiger charge is -2.20. The van der Waals surface area contributed by atoms with Crippen LogP contribution in [0.5, 0.6) is 0 Å². The zero-order valence-electron chi connectivity index (χ0n) is 10.2. The van der Waals surface area contributed by atoms with E-state index in [9.17, 15) is 0 Å². The van der Waals surface area contributed by atoms with E-state index < -0.39 is 0 Å². The Morgan fingerprint density at radius 2 is 2.31 bits per heavy atom. The Hall–Kier alpha value is -1.02. The zero-order chi connectivity index (χ0) is 11.8. The minimum atomic E-state index is 0.258. The van der Waals surface area contributed by atoms with Crippen LogP contribution in [0, 0.1) is 5.92 Å². The largest absolute Gasteiger partial charge is 0.405 e. The number of hydrogen-bond donors (Lipinski definition) is 2. The molecule has 2 nitrogen and oxygen atoms in total. The molecule has 0 spiro atoms. The molecule has 0 aromatic heterocycles. The van der Waals surface area contributed by atoms with Gasteiger partial charge in [0.05, 0.1) is 0 Å². The molecule has 0 fully saturated rings.